The maximum atomic E-state index is 10.5. The zero-order valence-electron chi connectivity index (χ0n) is 9.89. The van der Waals surface area contributed by atoms with Gasteiger partial charge < -0.3 is 5.11 Å². The minimum atomic E-state index is -0.645. The molecule has 0 fully saturated rings. The number of hydrogen-bond acceptors (Lipinski definition) is 2. The van der Waals surface area contributed by atoms with E-state index in [1.807, 2.05) is 31.3 Å². The van der Waals surface area contributed by atoms with E-state index < -0.39 is 6.10 Å². The van der Waals surface area contributed by atoms with Crippen LogP contribution in [0.2, 0.25) is 0 Å². The van der Waals surface area contributed by atoms with Crippen molar-refractivity contribution in [1.29, 1.82) is 0 Å². The Bertz CT molecular complexity index is 502. The van der Waals surface area contributed by atoms with E-state index in [1.165, 1.54) is 0 Å². The van der Waals surface area contributed by atoms with Crippen LogP contribution in [-0.4, -0.2) is 14.9 Å². The molecule has 4 heteroatoms. The van der Waals surface area contributed by atoms with Gasteiger partial charge in [-0.3, -0.25) is 4.68 Å². The Balaban J connectivity index is 2.47. The van der Waals surface area contributed by atoms with Crippen molar-refractivity contribution in [3.05, 3.63) is 51.8 Å². The quantitative estimate of drug-likeness (QED) is 0.945. The predicted octanol–water partition coefficient (Wildman–Crippen LogP) is 2.83. The van der Waals surface area contributed by atoms with Gasteiger partial charge >= 0.3 is 0 Å². The van der Waals surface area contributed by atoms with Crippen LogP contribution in [0.1, 0.15) is 29.8 Å². The first-order valence-corrected chi connectivity index (χ1v) is 6.37. The molecule has 0 saturated heterocycles. The molecule has 2 aromatic rings. The number of aliphatic hydroxyl groups excluding tert-OH is 1. The zero-order valence-corrected chi connectivity index (χ0v) is 11.5. The lowest BCUT2D eigenvalue weighted by molar-refractivity contribution is 0.208. The first-order valence-electron chi connectivity index (χ1n) is 5.58. The van der Waals surface area contributed by atoms with Gasteiger partial charge in [0.05, 0.1) is 16.4 Å². The third-order valence-electron chi connectivity index (χ3n) is 2.93. The second-order valence-electron chi connectivity index (χ2n) is 3.96. The van der Waals surface area contributed by atoms with Crippen molar-refractivity contribution in [2.75, 3.05) is 0 Å². The molecule has 0 saturated carbocycles. The van der Waals surface area contributed by atoms with Crippen LogP contribution in [0.5, 0.6) is 0 Å². The predicted molar refractivity (Wildman–Crippen MR) is 70.8 cm³/mol. The first kappa shape index (κ1) is 12.3. The van der Waals surface area contributed by atoms with E-state index in [0.29, 0.717) is 0 Å². The van der Waals surface area contributed by atoms with E-state index in [1.54, 1.807) is 10.9 Å². The maximum Gasteiger partial charge on any atom is 0.122 e. The summed E-state index contributed by atoms with van der Waals surface area (Å²) in [6, 6.07) is 7.95. The monoisotopic (exact) mass is 294 g/mol. The summed E-state index contributed by atoms with van der Waals surface area (Å²) in [6.07, 6.45) is 1.96. The van der Waals surface area contributed by atoms with Gasteiger partial charge in [0.1, 0.15) is 6.10 Å². The second-order valence-corrected chi connectivity index (χ2v) is 4.81. The standard InChI is InChI=1S/C13H15BrN2O/c1-3-9-6-4-5-7-10(9)13(17)12-11(14)8-15-16(12)2/h4-8,13,17H,3H2,1-2H3. The SMILES string of the molecule is CCc1ccccc1C(O)c1c(Br)cnn1C. The van der Waals surface area contributed by atoms with Crippen molar-refractivity contribution in [2.24, 2.45) is 7.05 Å². The smallest absolute Gasteiger partial charge is 0.122 e. The minimum Gasteiger partial charge on any atom is -0.382 e. The highest BCUT2D eigenvalue weighted by Gasteiger charge is 2.19. The number of aryl methyl sites for hydroxylation is 2. The fourth-order valence-electron chi connectivity index (χ4n) is 2.00. The van der Waals surface area contributed by atoms with Crippen molar-refractivity contribution in [2.45, 2.75) is 19.4 Å². The van der Waals surface area contributed by atoms with E-state index in [9.17, 15) is 5.11 Å². The Labute approximate surface area is 109 Å². The number of halogens is 1. The lowest BCUT2D eigenvalue weighted by Gasteiger charge is -2.15. The van der Waals surface area contributed by atoms with Crippen LogP contribution in [0.25, 0.3) is 0 Å². The van der Waals surface area contributed by atoms with Gasteiger partial charge in [-0.1, -0.05) is 31.2 Å². The molecule has 0 aliphatic heterocycles. The molecule has 1 unspecified atom stereocenters. The van der Waals surface area contributed by atoms with Crippen LogP contribution >= 0.6 is 15.9 Å². The van der Waals surface area contributed by atoms with Gasteiger partial charge in [0.25, 0.3) is 0 Å². The fraction of sp³-hybridized carbons (Fsp3) is 0.308. The van der Waals surface area contributed by atoms with Crippen LogP contribution in [0.15, 0.2) is 34.9 Å². The van der Waals surface area contributed by atoms with Gasteiger partial charge in [0.2, 0.25) is 0 Å². The largest absolute Gasteiger partial charge is 0.382 e. The Morgan fingerprint density at radius 2 is 2.12 bits per heavy atom. The van der Waals surface area contributed by atoms with Crippen molar-refractivity contribution >= 4 is 15.9 Å². The molecule has 3 nitrogen and oxygen atoms in total. The van der Waals surface area contributed by atoms with Gasteiger partial charge in [0.15, 0.2) is 0 Å². The minimum absolute atomic E-state index is 0.645. The molecule has 1 atom stereocenters. The number of benzene rings is 1. The number of nitrogens with zero attached hydrogens (tertiary/aromatic N) is 2. The molecule has 2 rings (SSSR count). The fourth-order valence-corrected chi connectivity index (χ4v) is 2.56. The molecule has 17 heavy (non-hydrogen) atoms. The second kappa shape index (κ2) is 5.02. The van der Waals surface area contributed by atoms with Gasteiger partial charge in [-0.05, 0) is 33.5 Å². The van der Waals surface area contributed by atoms with Crippen molar-refractivity contribution < 1.29 is 5.11 Å². The van der Waals surface area contributed by atoms with Gasteiger partial charge in [-0.25, -0.2) is 0 Å². The summed E-state index contributed by atoms with van der Waals surface area (Å²) < 4.78 is 2.53. The molecule has 1 aromatic heterocycles. The van der Waals surface area contributed by atoms with Gasteiger partial charge in [0, 0.05) is 7.05 Å². The third-order valence-corrected chi connectivity index (χ3v) is 3.54. The summed E-state index contributed by atoms with van der Waals surface area (Å²) in [5.74, 6) is 0. The third kappa shape index (κ3) is 2.28. The molecule has 0 aliphatic carbocycles. The van der Waals surface area contributed by atoms with E-state index in [0.717, 1.165) is 27.7 Å². The number of hydrogen-bond donors (Lipinski definition) is 1. The molecule has 0 aliphatic rings. The topological polar surface area (TPSA) is 38.1 Å². The van der Waals surface area contributed by atoms with Gasteiger partial charge in [-0.2, -0.15) is 5.10 Å². The Hall–Kier alpha value is -1.13. The summed E-state index contributed by atoms with van der Waals surface area (Å²) in [5, 5.41) is 14.6. The normalized spacial score (nSPS) is 12.7. The number of rotatable bonds is 3. The lowest BCUT2D eigenvalue weighted by Crippen LogP contribution is -2.09. The molecule has 1 heterocycles. The molecular formula is C13H15BrN2O. The van der Waals surface area contributed by atoms with E-state index >= 15 is 0 Å². The molecule has 0 bridgehead atoms. The molecular weight excluding hydrogens is 280 g/mol. The highest BCUT2D eigenvalue weighted by Crippen LogP contribution is 2.29. The summed E-state index contributed by atoms with van der Waals surface area (Å²) in [5.41, 5.74) is 2.89. The van der Waals surface area contributed by atoms with Crippen molar-refractivity contribution in [1.82, 2.24) is 9.78 Å². The molecule has 0 radical (unpaired) electrons. The summed E-state index contributed by atoms with van der Waals surface area (Å²) in [6.45, 7) is 2.09. The molecule has 0 spiro atoms. The van der Waals surface area contributed by atoms with E-state index in [-0.39, 0.29) is 0 Å². The molecule has 0 amide bonds. The number of aromatic nitrogens is 2. The average Bonchev–Trinajstić information content (AvgIpc) is 2.68. The summed E-state index contributed by atoms with van der Waals surface area (Å²) >= 11 is 3.42. The average molecular weight is 295 g/mol. The highest BCUT2D eigenvalue weighted by molar-refractivity contribution is 9.10. The zero-order chi connectivity index (χ0) is 12.4. The van der Waals surface area contributed by atoms with Crippen LogP contribution in [0, 0.1) is 0 Å². The molecule has 90 valence electrons. The van der Waals surface area contributed by atoms with Crippen LogP contribution in [-0.2, 0) is 13.5 Å². The van der Waals surface area contributed by atoms with E-state index in [4.69, 9.17) is 0 Å². The summed E-state index contributed by atoms with van der Waals surface area (Å²) in [7, 11) is 1.83. The first-order chi connectivity index (χ1) is 8.15. The Morgan fingerprint density at radius 3 is 2.71 bits per heavy atom. The van der Waals surface area contributed by atoms with Crippen molar-refractivity contribution in [3.8, 4) is 0 Å². The van der Waals surface area contributed by atoms with E-state index in [2.05, 4.69) is 28.0 Å². The molecule has 1 N–H and O–H groups in total. The summed E-state index contributed by atoms with van der Waals surface area (Å²) in [4.78, 5) is 0. The van der Waals surface area contributed by atoms with Crippen molar-refractivity contribution in [3.63, 3.8) is 0 Å². The van der Waals surface area contributed by atoms with Crippen LogP contribution in [0.3, 0.4) is 0 Å². The molecule has 1 aromatic carbocycles. The highest BCUT2D eigenvalue weighted by atomic mass is 79.9. The maximum absolute atomic E-state index is 10.5. The van der Waals surface area contributed by atoms with Crippen LogP contribution in [0.4, 0.5) is 0 Å². The lowest BCUT2D eigenvalue weighted by atomic mass is 9.98. The van der Waals surface area contributed by atoms with Crippen LogP contribution < -0.4 is 0 Å². The Morgan fingerprint density at radius 1 is 1.41 bits per heavy atom. The number of aliphatic hydroxyl groups is 1. The Kier molecular flexibility index (Phi) is 3.64. The van der Waals surface area contributed by atoms with Gasteiger partial charge in [-0.15, -0.1) is 0 Å².